The highest BCUT2D eigenvalue weighted by atomic mass is 32.2. The van der Waals surface area contributed by atoms with E-state index in [1.165, 1.54) is 11.8 Å². The topological polar surface area (TPSA) is 50.5 Å². The first-order valence-corrected chi connectivity index (χ1v) is 9.64. The van der Waals surface area contributed by atoms with Crippen LogP contribution in [0.15, 0.2) is 68.7 Å². The maximum absolute atomic E-state index is 12.5. The Hall–Kier alpha value is -2.53. The molecule has 0 saturated heterocycles. The van der Waals surface area contributed by atoms with E-state index in [0.717, 1.165) is 29.1 Å². The van der Waals surface area contributed by atoms with E-state index in [2.05, 4.69) is 18.7 Å². The summed E-state index contributed by atoms with van der Waals surface area (Å²) < 4.78 is 5.43. The Morgan fingerprint density at radius 3 is 2.46 bits per heavy atom. The summed E-state index contributed by atoms with van der Waals surface area (Å²) >= 11 is 1.41. The molecule has 0 aliphatic heterocycles. The first-order chi connectivity index (χ1) is 12.6. The molecule has 0 aliphatic rings. The number of hydrogen-bond donors (Lipinski definition) is 0. The third-order valence-corrected chi connectivity index (χ3v) is 5.27. The molecular formula is C21H21NO3S. The van der Waals surface area contributed by atoms with Crippen LogP contribution in [-0.4, -0.2) is 24.6 Å². The molecule has 0 saturated carbocycles. The molecule has 4 nitrogen and oxygen atoms in total. The Balaban J connectivity index is 1.85. The number of nitrogens with zero attached hydrogens (tertiary/aromatic N) is 1. The summed E-state index contributed by atoms with van der Waals surface area (Å²) in [7, 11) is 0. The quantitative estimate of drug-likeness (QED) is 0.347. The number of Topliss-reactive ketones (excluding diaryl/α,β-unsaturated/α-hetero) is 1. The Kier molecular flexibility index (Phi) is 5.78. The molecule has 5 heteroatoms. The molecule has 2 aromatic carbocycles. The maximum atomic E-state index is 12.5. The van der Waals surface area contributed by atoms with Crippen LogP contribution >= 0.6 is 11.8 Å². The number of anilines is 1. The van der Waals surface area contributed by atoms with Crippen molar-refractivity contribution >= 4 is 34.2 Å². The second-order valence-electron chi connectivity index (χ2n) is 5.87. The molecule has 0 bridgehead atoms. The van der Waals surface area contributed by atoms with Gasteiger partial charge in [0.2, 0.25) is 0 Å². The van der Waals surface area contributed by atoms with Crippen LogP contribution < -0.4 is 10.5 Å². The van der Waals surface area contributed by atoms with Crippen molar-refractivity contribution in [3.05, 3.63) is 70.6 Å². The van der Waals surface area contributed by atoms with Crippen molar-refractivity contribution in [2.24, 2.45) is 0 Å². The Morgan fingerprint density at radius 1 is 1.04 bits per heavy atom. The predicted molar refractivity (Wildman–Crippen MR) is 108 cm³/mol. The minimum atomic E-state index is -0.576. The highest BCUT2D eigenvalue weighted by Gasteiger charge is 2.15. The third-order valence-electron chi connectivity index (χ3n) is 4.26. The fourth-order valence-electron chi connectivity index (χ4n) is 2.82. The van der Waals surface area contributed by atoms with Gasteiger partial charge in [-0.3, -0.25) is 4.79 Å². The van der Waals surface area contributed by atoms with Crippen LogP contribution in [0.25, 0.3) is 11.0 Å². The summed E-state index contributed by atoms with van der Waals surface area (Å²) in [6.07, 6.45) is 0. The van der Waals surface area contributed by atoms with E-state index in [1.54, 1.807) is 6.07 Å². The molecule has 3 rings (SSSR count). The lowest BCUT2D eigenvalue weighted by atomic mass is 10.1. The van der Waals surface area contributed by atoms with Gasteiger partial charge in [0.15, 0.2) is 5.78 Å². The largest absolute Gasteiger partial charge is 0.422 e. The molecule has 0 N–H and O–H groups in total. The van der Waals surface area contributed by atoms with Gasteiger partial charge in [0.25, 0.3) is 0 Å². The van der Waals surface area contributed by atoms with Gasteiger partial charge < -0.3 is 9.32 Å². The summed E-state index contributed by atoms with van der Waals surface area (Å²) in [5.41, 5.74) is 1.04. The Morgan fingerprint density at radius 2 is 1.77 bits per heavy atom. The van der Waals surface area contributed by atoms with Gasteiger partial charge in [-0.1, -0.05) is 18.2 Å². The van der Waals surface area contributed by atoms with Crippen LogP contribution in [0.5, 0.6) is 0 Å². The van der Waals surface area contributed by atoms with E-state index in [9.17, 15) is 9.59 Å². The van der Waals surface area contributed by atoms with Gasteiger partial charge in [0.1, 0.15) is 11.1 Å². The van der Waals surface area contributed by atoms with Crippen LogP contribution in [0.4, 0.5) is 5.69 Å². The normalized spacial score (nSPS) is 10.8. The first kappa shape index (κ1) is 18.3. The summed E-state index contributed by atoms with van der Waals surface area (Å²) in [5.74, 6) is -0.0139. The first-order valence-electron chi connectivity index (χ1n) is 8.66. The lowest BCUT2D eigenvalue weighted by Gasteiger charge is -2.20. The molecule has 3 aromatic rings. The SMILES string of the molecule is CCN(CC)c1ccc2cc(C(=O)CSc3ccccc3)c(=O)oc2c1. The van der Waals surface area contributed by atoms with Crippen LogP contribution in [0, 0.1) is 0 Å². The maximum Gasteiger partial charge on any atom is 0.347 e. The molecule has 0 radical (unpaired) electrons. The van der Waals surface area contributed by atoms with Crippen molar-refractivity contribution in [2.75, 3.05) is 23.7 Å². The molecule has 1 heterocycles. The molecule has 0 amide bonds. The van der Waals surface area contributed by atoms with Crippen LogP contribution in [-0.2, 0) is 0 Å². The number of ketones is 1. The standard InChI is InChI=1S/C21H21NO3S/c1-3-22(4-2)16-11-10-15-12-18(21(24)25-20(15)13-16)19(23)14-26-17-8-6-5-7-9-17/h5-13H,3-4,14H2,1-2H3. The zero-order valence-corrected chi connectivity index (χ0v) is 15.7. The van der Waals surface area contributed by atoms with E-state index in [4.69, 9.17) is 4.42 Å². The van der Waals surface area contributed by atoms with Gasteiger partial charge in [-0.2, -0.15) is 0 Å². The summed E-state index contributed by atoms with van der Waals surface area (Å²) in [5, 5.41) is 0.758. The van der Waals surface area contributed by atoms with Gasteiger partial charge in [0, 0.05) is 35.1 Å². The Labute approximate surface area is 156 Å². The third kappa shape index (κ3) is 3.99. The average Bonchev–Trinajstić information content (AvgIpc) is 2.67. The van der Waals surface area contributed by atoms with Crippen molar-refractivity contribution in [3.63, 3.8) is 0 Å². The van der Waals surface area contributed by atoms with Crippen molar-refractivity contribution in [1.82, 2.24) is 0 Å². The van der Waals surface area contributed by atoms with E-state index in [0.29, 0.717) is 5.58 Å². The highest BCUT2D eigenvalue weighted by molar-refractivity contribution is 8.00. The summed E-state index contributed by atoms with van der Waals surface area (Å²) in [6.45, 7) is 5.91. The van der Waals surface area contributed by atoms with Gasteiger partial charge in [-0.15, -0.1) is 11.8 Å². The van der Waals surface area contributed by atoms with Gasteiger partial charge in [-0.05, 0) is 44.2 Å². The number of thioether (sulfide) groups is 1. The number of carbonyl (C=O) groups is 1. The highest BCUT2D eigenvalue weighted by Crippen LogP contribution is 2.23. The zero-order valence-electron chi connectivity index (χ0n) is 14.9. The van der Waals surface area contributed by atoms with Crippen LogP contribution in [0.3, 0.4) is 0 Å². The molecular weight excluding hydrogens is 346 g/mol. The summed E-state index contributed by atoms with van der Waals surface area (Å²) in [6, 6.07) is 17.0. The lowest BCUT2D eigenvalue weighted by molar-refractivity contribution is 0.101. The Bertz CT molecular complexity index is 962. The molecule has 0 aliphatic carbocycles. The number of rotatable bonds is 7. The minimum absolute atomic E-state index is 0.108. The number of fused-ring (bicyclic) bond motifs is 1. The van der Waals surface area contributed by atoms with Crippen molar-refractivity contribution in [2.45, 2.75) is 18.7 Å². The van der Waals surface area contributed by atoms with E-state index < -0.39 is 5.63 Å². The van der Waals surface area contributed by atoms with Gasteiger partial charge >= 0.3 is 5.63 Å². The second-order valence-corrected chi connectivity index (χ2v) is 6.92. The predicted octanol–water partition coefficient (Wildman–Crippen LogP) is 4.61. The fourth-order valence-corrected chi connectivity index (χ4v) is 3.63. The zero-order chi connectivity index (χ0) is 18.5. The number of carbonyl (C=O) groups excluding carboxylic acids is 1. The molecule has 0 atom stereocenters. The van der Waals surface area contributed by atoms with Crippen LogP contribution in [0.1, 0.15) is 24.2 Å². The van der Waals surface area contributed by atoms with Gasteiger partial charge in [-0.25, -0.2) is 4.79 Å². The minimum Gasteiger partial charge on any atom is -0.422 e. The van der Waals surface area contributed by atoms with Crippen molar-refractivity contribution < 1.29 is 9.21 Å². The monoisotopic (exact) mass is 367 g/mol. The van der Waals surface area contributed by atoms with Gasteiger partial charge in [0.05, 0.1) is 5.75 Å². The smallest absolute Gasteiger partial charge is 0.347 e. The molecule has 0 fully saturated rings. The molecule has 134 valence electrons. The molecule has 26 heavy (non-hydrogen) atoms. The van der Waals surface area contributed by atoms with E-state index in [1.807, 2.05) is 48.5 Å². The van der Waals surface area contributed by atoms with Crippen LogP contribution in [0.2, 0.25) is 0 Å². The van der Waals surface area contributed by atoms with E-state index >= 15 is 0 Å². The average molecular weight is 367 g/mol. The van der Waals surface area contributed by atoms with E-state index in [-0.39, 0.29) is 17.1 Å². The second kappa shape index (κ2) is 8.23. The summed E-state index contributed by atoms with van der Waals surface area (Å²) in [4.78, 5) is 27.9. The molecule has 0 spiro atoms. The number of hydrogen-bond acceptors (Lipinski definition) is 5. The molecule has 0 unspecified atom stereocenters. The molecule has 1 aromatic heterocycles. The van der Waals surface area contributed by atoms with Crippen molar-refractivity contribution in [3.8, 4) is 0 Å². The number of benzene rings is 2. The fraction of sp³-hybridized carbons (Fsp3) is 0.238. The lowest BCUT2D eigenvalue weighted by Crippen LogP contribution is -2.21. The van der Waals surface area contributed by atoms with Crippen molar-refractivity contribution in [1.29, 1.82) is 0 Å².